The van der Waals surface area contributed by atoms with Crippen molar-refractivity contribution in [3.05, 3.63) is 56.7 Å². The monoisotopic (exact) mass is 418 g/mol. The Morgan fingerprint density at radius 3 is 2.86 bits per heavy atom. The number of amides is 1. The largest absolute Gasteiger partial charge is 0.357 e. The summed E-state index contributed by atoms with van der Waals surface area (Å²) in [6.45, 7) is 5.63. The van der Waals surface area contributed by atoms with E-state index in [4.69, 9.17) is 11.6 Å². The highest BCUT2D eigenvalue weighted by Gasteiger charge is 2.20. The number of hydrogen-bond donors (Lipinski definition) is 2. The lowest BCUT2D eigenvalue weighted by atomic mass is 10.1. The van der Waals surface area contributed by atoms with E-state index in [2.05, 4.69) is 27.1 Å². The van der Waals surface area contributed by atoms with Gasteiger partial charge in [0, 0.05) is 42.5 Å². The van der Waals surface area contributed by atoms with E-state index < -0.39 is 0 Å². The Morgan fingerprint density at radius 2 is 2.07 bits per heavy atom. The zero-order chi connectivity index (χ0) is 19.8. The Balaban J connectivity index is 1.43. The van der Waals surface area contributed by atoms with Crippen molar-refractivity contribution in [3.63, 3.8) is 0 Å². The quantitative estimate of drug-likeness (QED) is 0.534. The summed E-state index contributed by atoms with van der Waals surface area (Å²) < 4.78 is 0. The minimum Gasteiger partial charge on any atom is -0.357 e. The molecule has 2 aromatic rings. The molecule has 1 aliphatic rings. The first-order valence-corrected chi connectivity index (χ1v) is 11.0. The number of nitrogens with one attached hydrogen (secondary N) is 2. The van der Waals surface area contributed by atoms with Crippen LogP contribution in [0.2, 0.25) is 5.02 Å². The van der Waals surface area contributed by atoms with E-state index >= 15 is 0 Å². The summed E-state index contributed by atoms with van der Waals surface area (Å²) in [5, 5.41) is 9.43. The molecule has 1 aromatic carbocycles. The number of hydrogen-bond acceptors (Lipinski definition) is 3. The predicted octanol–water partition coefficient (Wildman–Crippen LogP) is 3.47. The molecule has 0 bridgehead atoms. The first kappa shape index (κ1) is 20.7. The van der Waals surface area contributed by atoms with E-state index in [0.29, 0.717) is 13.0 Å². The second-order valence-electron chi connectivity index (χ2n) is 6.75. The fraction of sp³-hybridized carbons (Fsp3) is 0.429. The van der Waals surface area contributed by atoms with Gasteiger partial charge in [-0.05, 0) is 54.5 Å². The van der Waals surface area contributed by atoms with Gasteiger partial charge in [-0.3, -0.25) is 9.79 Å². The predicted molar refractivity (Wildman–Crippen MR) is 117 cm³/mol. The van der Waals surface area contributed by atoms with Crippen molar-refractivity contribution in [2.45, 2.75) is 32.7 Å². The van der Waals surface area contributed by atoms with Crippen LogP contribution in [0.3, 0.4) is 0 Å². The molecule has 1 aliphatic heterocycles. The lowest BCUT2D eigenvalue weighted by Crippen LogP contribution is -2.39. The summed E-state index contributed by atoms with van der Waals surface area (Å²) in [6.07, 6.45) is 2.29. The molecule has 1 amide bonds. The molecule has 1 aromatic heterocycles. The molecule has 0 fully saturated rings. The minimum absolute atomic E-state index is 0.178. The molecule has 7 heteroatoms. The molecule has 0 aliphatic carbocycles. The number of halogens is 1. The second-order valence-corrected chi connectivity index (χ2v) is 8.19. The van der Waals surface area contributed by atoms with Crippen LogP contribution in [0.4, 0.5) is 0 Å². The van der Waals surface area contributed by atoms with E-state index in [1.807, 2.05) is 36.1 Å². The van der Waals surface area contributed by atoms with E-state index in [1.54, 1.807) is 11.3 Å². The smallest absolute Gasteiger partial charge is 0.224 e. The summed E-state index contributed by atoms with van der Waals surface area (Å²) in [7, 11) is 0. The number of carbonyl (C=O) groups is 1. The van der Waals surface area contributed by atoms with Crippen molar-refractivity contribution in [1.82, 2.24) is 15.5 Å². The third-order valence-corrected chi connectivity index (χ3v) is 5.99. The number of nitrogens with zero attached hydrogens (tertiary/aromatic N) is 2. The molecule has 0 atom stereocenters. The first-order chi connectivity index (χ1) is 13.7. The van der Waals surface area contributed by atoms with E-state index in [0.717, 1.165) is 50.0 Å². The summed E-state index contributed by atoms with van der Waals surface area (Å²) in [6, 6.07) is 10.0. The standard InChI is InChI=1S/C21H27ClN4OS/c1-2-23-21(24-11-7-16-3-5-18(22)6-4-16)25-12-8-20(27)26-13-9-19-17(15-26)10-14-28-19/h3-6,10,14H,2,7-9,11-13,15H2,1H3,(H2,23,24,25). The van der Waals surface area contributed by atoms with E-state index in [9.17, 15) is 4.79 Å². The average Bonchev–Trinajstić information content (AvgIpc) is 3.17. The number of rotatable bonds is 7. The van der Waals surface area contributed by atoms with Crippen LogP contribution in [0, 0.1) is 0 Å². The van der Waals surface area contributed by atoms with E-state index in [1.165, 1.54) is 16.0 Å². The van der Waals surface area contributed by atoms with Crippen LogP contribution in [0.5, 0.6) is 0 Å². The molecule has 0 saturated carbocycles. The van der Waals surface area contributed by atoms with Gasteiger partial charge < -0.3 is 15.5 Å². The summed E-state index contributed by atoms with van der Waals surface area (Å²) >= 11 is 7.71. The first-order valence-electron chi connectivity index (χ1n) is 9.75. The van der Waals surface area contributed by atoms with Gasteiger partial charge in [0.05, 0.1) is 6.54 Å². The highest BCUT2D eigenvalue weighted by molar-refractivity contribution is 7.10. The van der Waals surface area contributed by atoms with Crippen molar-refractivity contribution in [2.75, 3.05) is 26.2 Å². The normalized spacial score (nSPS) is 13.9. The molecule has 150 valence electrons. The summed E-state index contributed by atoms with van der Waals surface area (Å²) in [4.78, 5) is 20.4. The van der Waals surface area contributed by atoms with Gasteiger partial charge in [0.2, 0.25) is 5.91 Å². The third-order valence-electron chi connectivity index (χ3n) is 4.72. The van der Waals surface area contributed by atoms with Gasteiger partial charge in [0.25, 0.3) is 0 Å². The highest BCUT2D eigenvalue weighted by Crippen LogP contribution is 2.24. The van der Waals surface area contributed by atoms with Crippen LogP contribution in [0.1, 0.15) is 29.3 Å². The Hall–Kier alpha value is -2.05. The number of aliphatic imine (C=N–C) groups is 1. The molecule has 28 heavy (non-hydrogen) atoms. The van der Waals surface area contributed by atoms with E-state index in [-0.39, 0.29) is 5.91 Å². The molecule has 2 N–H and O–H groups in total. The van der Waals surface area contributed by atoms with Gasteiger partial charge in [-0.25, -0.2) is 0 Å². The second kappa shape index (κ2) is 10.5. The average molecular weight is 419 g/mol. The fourth-order valence-corrected chi connectivity index (χ4v) is 4.22. The number of carbonyl (C=O) groups excluding carboxylic acids is 1. The van der Waals surface area contributed by atoms with Gasteiger partial charge in [0.15, 0.2) is 5.96 Å². The SMILES string of the molecule is CCNC(=NCCC(=O)N1CCc2sccc2C1)NCCc1ccc(Cl)cc1. The maximum atomic E-state index is 12.5. The topological polar surface area (TPSA) is 56.7 Å². The Kier molecular flexibility index (Phi) is 7.74. The molecule has 5 nitrogen and oxygen atoms in total. The summed E-state index contributed by atoms with van der Waals surface area (Å²) in [5.41, 5.74) is 2.52. The van der Waals surface area contributed by atoms with Crippen LogP contribution in [-0.4, -0.2) is 42.9 Å². The molecule has 0 saturated heterocycles. The van der Waals surface area contributed by atoms with Crippen LogP contribution < -0.4 is 10.6 Å². The molecule has 2 heterocycles. The Bertz CT molecular complexity index is 803. The maximum Gasteiger partial charge on any atom is 0.224 e. The molecular formula is C21H27ClN4OS. The maximum absolute atomic E-state index is 12.5. The van der Waals surface area contributed by atoms with Crippen molar-refractivity contribution < 1.29 is 4.79 Å². The summed E-state index contributed by atoms with van der Waals surface area (Å²) in [5.74, 6) is 0.931. The lowest BCUT2D eigenvalue weighted by Gasteiger charge is -2.26. The van der Waals surface area contributed by atoms with Gasteiger partial charge in [-0.1, -0.05) is 23.7 Å². The zero-order valence-corrected chi connectivity index (χ0v) is 17.8. The van der Waals surface area contributed by atoms with Crippen LogP contribution in [0.25, 0.3) is 0 Å². The number of guanidine groups is 1. The molecular weight excluding hydrogens is 392 g/mol. The molecule has 0 spiro atoms. The van der Waals surface area contributed by atoms with Gasteiger partial charge >= 0.3 is 0 Å². The molecule has 0 radical (unpaired) electrons. The highest BCUT2D eigenvalue weighted by atomic mass is 35.5. The number of thiophene rings is 1. The van der Waals surface area contributed by atoms with Gasteiger partial charge in [-0.15, -0.1) is 11.3 Å². The fourth-order valence-electron chi connectivity index (χ4n) is 3.20. The van der Waals surface area contributed by atoms with Gasteiger partial charge in [-0.2, -0.15) is 0 Å². The van der Waals surface area contributed by atoms with Crippen LogP contribution in [-0.2, 0) is 24.2 Å². The third kappa shape index (κ3) is 5.97. The van der Waals surface area contributed by atoms with Crippen molar-refractivity contribution in [1.29, 1.82) is 0 Å². The number of fused-ring (bicyclic) bond motifs is 1. The van der Waals surface area contributed by atoms with Crippen LogP contribution in [0.15, 0.2) is 40.7 Å². The van der Waals surface area contributed by atoms with Crippen molar-refractivity contribution >= 4 is 34.8 Å². The van der Waals surface area contributed by atoms with Crippen molar-refractivity contribution in [2.24, 2.45) is 4.99 Å². The van der Waals surface area contributed by atoms with Crippen LogP contribution >= 0.6 is 22.9 Å². The Morgan fingerprint density at radius 1 is 1.25 bits per heavy atom. The van der Waals surface area contributed by atoms with Crippen molar-refractivity contribution in [3.8, 4) is 0 Å². The molecule has 0 unspecified atom stereocenters. The van der Waals surface area contributed by atoms with Gasteiger partial charge in [0.1, 0.15) is 0 Å². The zero-order valence-electron chi connectivity index (χ0n) is 16.2. The minimum atomic E-state index is 0.178. The lowest BCUT2D eigenvalue weighted by molar-refractivity contribution is -0.131. The molecule has 3 rings (SSSR count). The number of benzene rings is 1. The Labute approximate surface area is 175 Å².